The maximum atomic E-state index is 5.86. The molecule has 0 aliphatic carbocycles. The lowest BCUT2D eigenvalue weighted by molar-refractivity contribution is 0.706. The molecule has 0 saturated heterocycles. The molecule has 0 aromatic carbocycles. The van der Waals surface area contributed by atoms with Crippen LogP contribution in [0.1, 0.15) is 32.6 Å². The highest BCUT2D eigenvalue weighted by Gasteiger charge is 2.07. The molecule has 10 heavy (non-hydrogen) atoms. The van der Waals surface area contributed by atoms with Crippen molar-refractivity contribution in [3.8, 4) is 0 Å². The van der Waals surface area contributed by atoms with Gasteiger partial charge in [-0.1, -0.05) is 56.0 Å². The molecule has 0 fully saturated rings. The van der Waals surface area contributed by atoms with Gasteiger partial charge in [-0.2, -0.15) is 0 Å². The van der Waals surface area contributed by atoms with Crippen LogP contribution in [-0.4, -0.2) is 12.0 Å². The van der Waals surface area contributed by atoms with Gasteiger partial charge in [0.2, 0.25) is 0 Å². The Balaban J connectivity index is 3.04. The summed E-state index contributed by atoms with van der Waals surface area (Å²) in [6, 6.07) is 0. The highest BCUT2D eigenvalue weighted by molar-refractivity contribution is 8.65. The molecule has 0 saturated carbocycles. The summed E-state index contributed by atoms with van der Waals surface area (Å²) >= 11 is 0. The van der Waals surface area contributed by atoms with Gasteiger partial charge in [0, 0.05) is 5.75 Å². The summed E-state index contributed by atoms with van der Waals surface area (Å²) in [5, 5.41) is 0. The molecule has 0 aromatic rings. The van der Waals surface area contributed by atoms with Crippen LogP contribution >= 0.6 is 29.8 Å². The van der Waals surface area contributed by atoms with E-state index in [0.29, 0.717) is 0 Å². The van der Waals surface area contributed by atoms with E-state index in [-0.39, 0.29) is 0 Å². The highest BCUT2D eigenvalue weighted by Crippen LogP contribution is 2.55. The smallest absolute Gasteiger partial charge is 0.00275 e. The van der Waals surface area contributed by atoms with Crippen LogP contribution in [0.5, 0.6) is 0 Å². The topological polar surface area (TPSA) is 0 Å². The molecule has 0 nitrogen and oxygen atoms in total. The zero-order chi connectivity index (χ0) is 8.04. The number of halogens is 2. The Kier molecular flexibility index (Phi) is 6.08. The first-order chi connectivity index (χ1) is 4.56. The van der Waals surface area contributed by atoms with Crippen molar-refractivity contribution in [2.75, 3.05) is 12.0 Å². The Bertz CT molecular complexity index is 78.2. The standard InChI is InChI=1S/C7H16Cl2S/c1-3-4-5-6-7-10(2,8)9/h3-7H2,1-2H3. The van der Waals surface area contributed by atoms with Crippen molar-refractivity contribution in [3.63, 3.8) is 0 Å². The predicted molar refractivity (Wildman–Crippen MR) is 54.2 cm³/mol. The van der Waals surface area contributed by atoms with Crippen LogP contribution in [-0.2, 0) is 0 Å². The summed E-state index contributed by atoms with van der Waals surface area (Å²) in [5.41, 5.74) is 0. The minimum absolute atomic E-state index is 0.996. The predicted octanol–water partition coefficient (Wildman–Crippen LogP) is 4.31. The Morgan fingerprint density at radius 1 is 1.10 bits per heavy atom. The van der Waals surface area contributed by atoms with Gasteiger partial charge < -0.3 is 0 Å². The molecule has 0 amide bonds. The van der Waals surface area contributed by atoms with Crippen LogP contribution in [0.4, 0.5) is 0 Å². The van der Waals surface area contributed by atoms with Gasteiger partial charge in [0.1, 0.15) is 0 Å². The quantitative estimate of drug-likeness (QED) is 0.584. The number of hydrogen-bond acceptors (Lipinski definition) is 0. The molecule has 0 aliphatic rings. The monoisotopic (exact) mass is 202 g/mol. The van der Waals surface area contributed by atoms with E-state index in [4.69, 9.17) is 21.4 Å². The fourth-order valence-corrected chi connectivity index (χ4v) is 2.15. The molecular weight excluding hydrogens is 187 g/mol. The molecular formula is C7H16Cl2S. The summed E-state index contributed by atoms with van der Waals surface area (Å²) in [6.45, 7) is 2.20. The van der Waals surface area contributed by atoms with Crippen molar-refractivity contribution in [2.24, 2.45) is 0 Å². The molecule has 0 aromatic heterocycles. The van der Waals surface area contributed by atoms with Crippen LogP contribution in [0.3, 0.4) is 0 Å². The average Bonchev–Trinajstić information content (AvgIpc) is 1.78. The maximum Gasteiger partial charge on any atom is 0.00275 e. The van der Waals surface area contributed by atoms with Crippen molar-refractivity contribution >= 4 is 29.8 Å². The van der Waals surface area contributed by atoms with E-state index in [1.165, 1.54) is 25.7 Å². The van der Waals surface area contributed by atoms with Gasteiger partial charge in [-0.3, -0.25) is 0 Å². The van der Waals surface area contributed by atoms with Crippen LogP contribution in [0, 0.1) is 0 Å². The number of unbranched alkanes of at least 4 members (excludes halogenated alkanes) is 3. The minimum Gasteiger partial charge on any atom is -0.0873 e. The molecule has 0 heterocycles. The van der Waals surface area contributed by atoms with Gasteiger partial charge in [0.15, 0.2) is 0 Å². The third kappa shape index (κ3) is 8.93. The summed E-state index contributed by atoms with van der Waals surface area (Å²) in [5.74, 6) is 0.996. The summed E-state index contributed by atoms with van der Waals surface area (Å²) in [4.78, 5) is 0. The third-order valence-corrected chi connectivity index (χ3v) is 3.29. The molecule has 0 aliphatic heterocycles. The van der Waals surface area contributed by atoms with Crippen LogP contribution < -0.4 is 0 Å². The van der Waals surface area contributed by atoms with Gasteiger partial charge in [0.25, 0.3) is 0 Å². The SMILES string of the molecule is CCCCCCS(C)(Cl)Cl. The van der Waals surface area contributed by atoms with Crippen molar-refractivity contribution in [1.82, 2.24) is 0 Å². The van der Waals surface area contributed by atoms with Gasteiger partial charge in [-0.15, -0.1) is 0 Å². The van der Waals surface area contributed by atoms with E-state index in [2.05, 4.69) is 6.92 Å². The Morgan fingerprint density at radius 3 is 2.10 bits per heavy atom. The molecule has 0 rings (SSSR count). The van der Waals surface area contributed by atoms with Gasteiger partial charge >= 0.3 is 0 Å². The number of rotatable bonds is 5. The minimum atomic E-state index is -1.26. The van der Waals surface area contributed by atoms with Crippen molar-refractivity contribution in [3.05, 3.63) is 0 Å². The first-order valence-corrected chi connectivity index (χ1v) is 7.58. The van der Waals surface area contributed by atoms with Crippen LogP contribution in [0.15, 0.2) is 0 Å². The molecule has 0 N–H and O–H groups in total. The maximum absolute atomic E-state index is 5.86. The number of hydrogen-bond donors (Lipinski definition) is 0. The van der Waals surface area contributed by atoms with Crippen LogP contribution in [0.25, 0.3) is 0 Å². The zero-order valence-electron chi connectivity index (χ0n) is 6.70. The Labute approximate surface area is 74.6 Å². The van der Waals surface area contributed by atoms with E-state index in [0.717, 1.165) is 5.75 Å². The van der Waals surface area contributed by atoms with Crippen molar-refractivity contribution in [2.45, 2.75) is 32.6 Å². The lowest BCUT2D eigenvalue weighted by Gasteiger charge is -2.17. The summed E-state index contributed by atoms with van der Waals surface area (Å²) in [6.07, 6.45) is 6.98. The average molecular weight is 203 g/mol. The third-order valence-electron chi connectivity index (χ3n) is 1.36. The summed E-state index contributed by atoms with van der Waals surface area (Å²) in [7, 11) is 10.5. The second kappa shape index (κ2) is 5.56. The second-order valence-electron chi connectivity index (χ2n) is 2.64. The first-order valence-electron chi connectivity index (χ1n) is 3.71. The van der Waals surface area contributed by atoms with Gasteiger partial charge in [-0.25, -0.2) is 0 Å². The largest absolute Gasteiger partial charge is 0.0873 e. The zero-order valence-corrected chi connectivity index (χ0v) is 9.03. The fourth-order valence-electron chi connectivity index (χ4n) is 0.782. The fraction of sp³-hybridized carbons (Fsp3) is 1.00. The highest BCUT2D eigenvalue weighted by atomic mass is 36.0. The molecule has 0 atom stereocenters. The van der Waals surface area contributed by atoms with Gasteiger partial charge in [0.05, 0.1) is 0 Å². The lowest BCUT2D eigenvalue weighted by Crippen LogP contribution is -1.88. The van der Waals surface area contributed by atoms with E-state index in [1.54, 1.807) is 0 Å². The Morgan fingerprint density at radius 2 is 1.70 bits per heavy atom. The molecule has 0 radical (unpaired) electrons. The van der Waals surface area contributed by atoms with E-state index < -0.39 is 8.46 Å². The lowest BCUT2D eigenvalue weighted by atomic mass is 10.2. The second-order valence-corrected chi connectivity index (χ2v) is 9.36. The molecule has 64 valence electrons. The summed E-state index contributed by atoms with van der Waals surface area (Å²) < 4.78 is 0. The Hall–Kier alpha value is 0.930. The van der Waals surface area contributed by atoms with Crippen molar-refractivity contribution in [1.29, 1.82) is 0 Å². The molecule has 0 spiro atoms. The molecule has 0 bridgehead atoms. The van der Waals surface area contributed by atoms with E-state index >= 15 is 0 Å². The first kappa shape index (κ1) is 10.9. The van der Waals surface area contributed by atoms with E-state index in [9.17, 15) is 0 Å². The van der Waals surface area contributed by atoms with E-state index in [1.807, 2.05) is 6.26 Å². The van der Waals surface area contributed by atoms with Crippen LogP contribution in [0.2, 0.25) is 0 Å². The normalized spacial score (nSPS) is 13.6. The molecule has 3 heteroatoms. The molecule has 0 unspecified atom stereocenters. The van der Waals surface area contributed by atoms with Gasteiger partial charge in [-0.05, 0) is 12.7 Å². The van der Waals surface area contributed by atoms with Crippen molar-refractivity contribution < 1.29 is 0 Å².